The number of nitrogens with one attached hydrogen (secondary N) is 1. The van der Waals surface area contributed by atoms with Crippen LogP contribution in [-0.2, 0) is 14.8 Å². The number of rotatable bonds is 4. The van der Waals surface area contributed by atoms with E-state index in [2.05, 4.69) is 5.32 Å². The topological polar surface area (TPSA) is 66.5 Å². The molecule has 4 rings (SSSR count). The lowest BCUT2D eigenvalue weighted by Gasteiger charge is -2.23. The molecule has 7 heteroatoms. The molecule has 1 aromatic heterocycles. The van der Waals surface area contributed by atoms with E-state index in [1.54, 1.807) is 17.5 Å². The number of sulfonamides is 1. The van der Waals surface area contributed by atoms with Crippen molar-refractivity contribution in [1.29, 1.82) is 0 Å². The van der Waals surface area contributed by atoms with Gasteiger partial charge in [0.15, 0.2) is 0 Å². The van der Waals surface area contributed by atoms with Crippen LogP contribution in [0.5, 0.6) is 0 Å². The van der Waals surface area contributed by atoms with Crippen LogP contribution in [0.3, 0.4) is 0 Å². The summed E-state index contributed by atoms with van der Waals surface area (Å²) in [4.78, 5) is 12.9. The van der Waals surface area contributed by atoms with Crippen molar-refractivity contribution in [2.45, 2.75) is 23.1 Å². The first-order valence-electron chi connectivity index (χ1n) is 8.41. The summed E-state index contributed by atoms with van der Waals surface area (Å²) in [6, 6.07) is 16.1. The molecule has 1 amide bonds. The summed E-state index contributed by atoms with van der Waals surface area (Å²) in [6.45, 7) is 0.369. The minimum Gasteiger partial charge on any atom is -0.324 e. The van der Waals surface area contributed by atoms with Crippen molar-refractivity contribution in [3.8, 4) is 0 Å². The molecule has 1 aliphatic rings. The highest BCUT2D eigenvalue weighted by atomic mass is 32.2. The zero-order valence-corrected chi connectivity index (χ0v) is 15.6. The second kappa shape index (κ2) is 6.83. The Kier molecular flexibility index (Phi) is 4.52. The van der Waals surface area contributed by atoms with Gasteiger partial charge in [-0.2, -0.15) is 4.31 Å². The Morgan fingerprint density at radius 2 is 1.88 bits per heavy atom. The van der Waals surface area contributed by atoms with Crippen molar-refractivity contribution < 1.29 is 13.2 Å². The molecule has 5 nitrogen and oxygen atoms in total. The molecule has 1 N–H and O–H groups in total. The summed E-state index contributed by atoms with van der Waals surface area (Å²) in [5.74, 6) is -0.279. The van der Waals surface area contributed by atoms with Crippen LogP contribution < -0.4 is 5.32 Å². The summed E-state index contributed by atoms with van der Waals surface area (Å²) < 4.78 is 27.3. The second-order valence-corrected chi connectivity index (χ2v) is 9.29. The van der Waals surface area contributed by atoms with Gasteiger partial charge in [0.05, 0.1) is 0 Å². The Hall–Kier alpha value is -2.22. The van der Waals surface area contributed by atoms with E-state index in [0.29, 0.717) is 25.1 Å². The van der Waals surface area contributed by atoms with E-state index in [1.165, 1.54) is 15.6 Å². The highest BCUT2D eigenvalue weighted by Crippen LogP contribution is 2.30. The molecule has 2 aromatic carbocycles. The first kappa shape index (κ1) is 17.2. The Labute approximate surface area is 156 Å². The third-order valence-electron chi connectivity index (χ3n) is 4.61. The molecule has 2 heterocycles. The number of hydrogen-bond donors (Lipinski definition) is 1. The van der Waals surface area contributed by atoms with E-state index >= 15 is 0 Å². The van der Waals surface area contributed by atoms with Gasteiger partial charge in [0, 0.05) is 17.6 Å². The molecule has 0 radical (unpaired) electrons. The molecule has 134 valence electrons. The number of hydrogen-bond acceptors (Lipinski definition) is 4. The molecule has 0 saturated carbocycles. The first-order valence-corrected chi connectivity index (χ1v) is 10.7. The lowest BCUT2D eigenvalue weighted by Crippen LogP contribution is -2.42. The van der Waals surface area contributed by atoms with E-state index in [-0.39, 0.29) is 10.1 Å². The van der Waals surface area contributed by atoms with Crippen molar-refractivity contribution in [2.75, 3.05) is 11.9 Å². The zero-order valence-electron chi connectivity index (χ0n) is 14.0. The van der Waals surface area contributed by atoms with Crippen molar-refractivity contribution in [3.63, 3.8) is 0 Å². The number of amides is 1. The van der Waals surface area contributed by atoms with Gasteiger partial charge in [0.1, 0.15) is 10.3 Å². The predicted octanol–water partition coefficient (Wildman–Crippen LogP) is 3.69. The molecule has 1 aliphatic heterocycles. The standard InChI is InChI=1S/C19H18N2O3S2/c22-19(20-16-9-3-7-14-6-1-2-8-15(14)16)17-10-4-12-21(17)26(23,24)18-11-5-13-25-18/h1-3,5-9,11,13,17H,4,10,12H2,(H,20,22)/t17-/m0/s1. The molecule has 1 fully saturated rings. The molecule has 0 spiro atoms. The van der Waals surface area contributed by atoms with Crippen molar-refractivity contribution in [2.24, 2.45) is 0 Å². The summed E-state index contributed by atoms with van der Waals surface area (Å²) in [6.07, 6.45) is 1.21. The summed E-state index contributed by atoms with van der Waals surface area (Å²) in [5.41, 5.74) is 0.702. The molecule has 26 heavy (non-hydrogen) atoms. The smallest absolute Gasteiger partial charge is 0.253 e. The van der Waals surface area contributed by atoms with Crippen LogP contribution in [0.2, 0.25) is 0 Å². The van der Waals surface area contributed by atoms with Crippen molar-refractivity contribution in [3.05, 3.63) is 60.0 Å². The van der Waals surface area contributed by atoms with Crippen LogP contribution in [0.1, 0.15) is 12.8 Å². The van der Waals surface area contributed by atoms with Gasteiger partial charge < -0.3 is 5.32 Å². The molecule has 1 atom stereocenters. The molecule has 0 aliphatic carbocycles. The maximum absolute atomic E-state index is 12.9. The fraction of sp³-hybridized carbons (Fsp3) is 0.211. The van der Waals surface area contributed by atoms with E-state index in [4.69, 9.17) is 0 Å². The number of benzene rings is 2. The molecule has 0 bridgehead atoms. The molecule has 0 unspecified atom stereocenters. The average Bonchev–Trinajstić information content (AvgIpc) is 3.34. The third kappa shape index (κ3) is 3.02. The van der Waals surface area contributed by atoms with Gasteiger partial charge in [-0.25, -0.2) is 8.42 Å². The molecule has 3 aromatic rings. The van der Waals surface area contributed by atoms with Crippen molar-refractivity contribution >= 4 is 43.7 Å². The van der Waals surface area contributed by atoms with Gasteiger partial charge >= 0.3 is 0 Å². The van der Waals surface area contributed by atoms with Gasteiger partial charge in [-0.1, -0.05) is 42.5 Å². The molecular formula is C19H18N2O3S2. The molecule has 1 saturated heterocycles. The van der Waals surface area contributed by atoms with E-state index < -0.39 is 16.1 Å². The largest absolute Gasteiger partial charge is 0.324 e. The van der Waals surface area contributed by atoms with Gasteiger partial charge in [-0.3, -0.25) is 4.79 Å². The van der Waals surface area contributed by atoms with Crippen LogP contribution in [-0.4, -0.2) is 31.2 Å². The van der Waals surface area contributed by atoms with Crippen LogP contribution >= 0.6 is 11.3 Å². The zero-order chi connectivity index (χ0) is 18.1. The predicted molar refractivity (Wildman–Crippen MR) is 104 cm³/mol. The SMILES string of the molecule is O=C(Nc1cccc2ccccc12)[C@@H]1CCCN1S(=O)(=O)c1cccs1. The summed E-state index contributed by atoms with van der Waals surface area (Å²) in [7, 11) is -3.63. The van der Waals surface area contributed by atoms with E-state index in [0.717, 1.165) is 10.8 Å². The lowest BCUT2D eigenvalue weighted by atomic mass is 10.1. The Morgan fingerprint density at radius 3 is 2.69 bits per heavy atom. The fourth-order valence-corrected chi connectivity index (χ4v) is 6.14. The minimum atomic E-state index is -3.63. The Balaban J connectivity index is 1.61. The molecular weight excluding hydrogens is 368 g/mol. The van der Waals surface area contributed by atoms with Crippen LogP contribution in [0.25, 0.3) is 10.8 Å². The fourth-order valence-electron chi connectivity index (χ4n) is 3.37. The number of fused-ring (bicyclic) bond motifs is 1. The highest BCUT2D eigenvalue weighted by molar-refractivity contribution is 7.91. The van der Waals surface area contributed by atoms with Crippen LogP contribution in [0.4, 0.5) is 5.69 Å². The lowest BCUT2D eigenvalue weighted by molar-refractivity contribution is -0.119. The number of carbonyl (C=O) groups excluding carboxylic acids is 1. The normalized spacial score (nSPS) is 18.2. The Bertz CT molecular complexity index is 1040. The summed E-state index contributed by atoms with van der Waals surface area (Å²) >= 11 is 1.17. The third-order valence-corrected chi connectivity index (χ3v) is 7.89. The number of carbonyl (C=O) groups is 1. The average molecular weight is 386 g/mol. The van der Waals surface area contributed by atoms with E-state index in [1.807, 2.05) is 42.5 Å². The van der Waals surface area contributed by atoms with Gasteiger partial charge in [-0.05, 0) is 35.7 Å². The van der Waals surface area contributed by atoms with E-state index in [9.17, 15) is 13.2 Å². The van der Waals surface area contributed by atoms with Crippen LogP contribution in [0.15, 0.2) is 64.2 Å². The first-order chi connectivity index (χ1) is 12.6. The van der Waals surface area contributed by atoms with Gasteiger partial charge in [0.2, 0.25) is 5.91 Å². The van der Waals surface area contributed by atoms with Crippen molar-refractivity contribution in [1.82, 2.24) is 4.31 Å². The maximum atomic E-state index is 12.9. The van der Waals surface area contributed by atoms with Gasteiger partial charge in [-0.15, -0.1) is 11.3 Å². The number of nitrogens with zero attached hydrogens (tertiary/aromatic N) is 1. The maximum Gasteiger partial charge on any atom is 0.253 e. The second-order valence-electron chi connectivity index (χ2n) is 6.22. The quantitative estimate of drug-likeness (QED) is 0.744. The monoisotopic (exact) mass is 386 g/mol. The van der Waals surface area contributed by atoms with Gasteiger partial charge in [0.25, 0.3) is 10.0 Å². The minimum absolute atomic E-state index is 0.279. The Morgan fingerprint density at radius 1 is 1.08 bits per heavy atom. The number of thiophene rings is 1. The van der Waals surface area contributed by atoms with Crippen LogP contribution in [0, 0.1) is 0 Å². The number of anilines is 1. The highest BCUT2D eigenvalue weighted by Gasteiger charge is 2.39. The summed E-state index contributed by atoms with van der Waals surface area (Å²) in [5, 5.41) is 6.63.